The molecule has 0 bridgehead atoms. The first-order chi connectivity index (χ1) is 12.0. The monoisotopic (exact) mass is 407 g/mol. The van der Waals surface area contributed by atoms with E-state index in [4.69, 9.17) is 34.8 Å². The molecule has 0 aliphatic rings. The van der Waals surface area contributed by atoms with Gasteiger partial charge in [0, 0.05) is 26.2 Å². The van der Waals surface area contributed by atoms with E-state index < -0.39 is 0 Å². The first-order valence-electron chi connectivity index (χ1n) is 7.14. The van der Waals surface area contributed by atoms with Crippen molar-refractivity contribution >= 4 is 57.2 Å². The van der Waals surface area contributed by atoms with Crippen LogP contribution in [-0.4, -0.2) is 14.6 Å². The van der Waals surface area contributed by atoms with Gasteiger partial charge in [0.2, 0.25) is 4.96 Å². The van der Waals surface area contributed by atoms with E-state index in [1.807, 2.05) is 0 Å². The first kappa shape index (κ1) is 16.5. The van der Waals surface area contributed by atoms with Crippen LogP contribution >= 0.6 is 46.1 Å². The normalized spacial score (nSPS) is 12.2. The van der Waals surface area contributed by atoms with Crippen molar-refractivity contribution in [3.63, 3.8) is 0 Å². The van der Waals surface area contributed by atoms with Crippen LogP contribution in [0, 0.1) is 0 Å². The zero-order chi connectivity index (χ0) is 17.6. The summed E-state index contributed by atoms with van der Waals surface area (Å²) in [6, 6.07) is 12.3. The summed E-state index contributed by atoms with van der Waals surface area (Å²) < 4.78 is 1.96. The van der Waals surface area contributed by atoms with Crippen LogP contribution in [0.5, 0.6) is 0 Å². The first-order valence-corrected chi connectivity index (χ1v) is 9.09. The summed E-state index contributed by atoms with van der Waals surface area (Å²) in [5.74, 6) is 0.470. The van der Waals surface area contributed by atoms with Crippen molar-refractivity contribution in [3.8, 4) is 11.4 Å². The molecule has 0 unspecified atom stereocenters. The van der Waals surface area contributed by atoms with E-state index >= 15 is 0 Å². The molecule has 0 saturated carbocycles. The minimum atomic E-state index is -0.217. The predicted molar refractivity (Wildman–Crippen MR) is 103 cm³/mol. The van der Waals surface area contributed by atoms with Crippen molar-refractivity contribution in [2.75, 3.05) is 0 Å². The molecule has 25 heavy (non-hydrogen) atoms. The molecule has 2 aromatic carbocycles. The van der Waals surface area contributed by atoms with Crippen LogP contribution in [0.25, 0.3) is 22.4 Å². The SMILES string of the molecule is O=c1/c(=C/c2c(Cl)cccc2Cl)sc2nnc(-c3ccc(Cl)cc3)n12. The lowest BCUT2D eigenvalue weighted by Crippen LogP contribution is -2.23. The predicted octanol–water partition coefficient (Wildman–Crippen LogP) is 4.33. The third-order valence-corrected chi connectivity index (χ3v) is 5.50. The number of fused-ring (bicyclic) bond motifs is 1. The van der Waals surface area contributed by atoms with Gasteiger partial charge in [-0.25, -0.2) is 4.40 Å². The Morgan fingerprint density at radius 2 is 1.64 bits per heavy atom. The van der Waals surface area contributed by atoms with E-state index in [1.54, 1.807) is 48.5 Å². The Hall–Kier alpha value is -1.92. The quantitative estimate of drug-likeness (QED) is 0.496. The number of aromatic nitrogens is 3. The maximum atomic E-state index is 12.8. The van der Waals surface area contributed by atoms with Crippen LogP contribution in [0.15, 0.2) is 47.3 Å². The fourth-order valence-corrected chi connectivity index (χ4v) is 3.96. The fraction of sp³-hybridized carbons (Fsp3) is 0. The molecule has 124 valence electrons. The summed E-state index contributed by atoms with van der Waals surface area (Å²) in [5, 5.41) is 9.78. The molecule has 4 aromatic rings. The molecule has 8 heteroatoms. The highest BCUT2D eigenvalue weighted by Crippen LogP contribution is 2.25. The summed E-state index contributed by atoms with van der Waals surface area (Å²) >= 11 is 19.5. The molecule has 0 amide bonds. The number of hydrogen-bond donors (Lipinski definition) is 0. The van der Waals surface area contributed by atoms with Crippen LogP contribution in [0.3, 0.4) is 0 Å². The second-order valence-corrected chi connectivity index (χ2v) is 7.46. The van der Waals surface area contributed by atoms with Crippen LogP contribution < -0.4 is 10.1 Å². The lowest BCUT2D eigenvalue weighted by atomic mass is 10.2. The van der Waals surface area contributed by atoms with Gasteiger partial charge in [-0.15, -0.1) is 10.2 Å². The van der Waals surface area contributed by atoms with Crippen molar-refractivity contribution < 1.29 is 0 Å². The average Bonchev–Trinajstić information content (AvgIpc) is 3.13. The van der Waals surface area contributed by atoms with Crippen LogP contribution in [0.1, 0.15) is 5.56 Å². The Morgan fingerprint density at radius 1 is 0.960 bits per heavy atom. The van der Waals surface area contributed by atoms with Gasteiger partial charge in [-0.2, -0.15) is 0 Å². The average molecular weight is 409 g/mol. The van der Waals surface area contributed by atoms with E-state index in [-0.39, 0.29) is 5.56 Å². The number of rotatable bonds is 2. The van der Waals surface area contributed by atoms with Gasteiger partial charge in [-0.3, -0.25) is 4.79 Å². The number of thiazole rings is 1. The van der Waals surface area contributed by atoms with Crippen molar-refractivity contribution in [1.29, 1.82) is 0 Å². The van der Waals surface area contributed by atoms with E-state index in [2.05, 4.69) is 10.2 Å². The lowest BCUT2D eigenvalue weighted by molar-refractivity contribution is 1.09. The molecule has 0 aliphatic heterocycles. The van der Waals surface area contributed by atoms with Crippen LogP contribution in [-0.2, 0) is 0 Å². The highest BCUT2D eigenvalue weighted by atomic mass is 35.5. The highest BCUT2D eigenvalue weighted by Gasteiger charge is 2.14. The third-order valence-electron chi connectivity index (χ3n) is 3.63. The zero-order valence-electron chi connectivity index (χ0n) is 12.4. The van der Waals surface area contributed by atoms with Crippen molar-refractivity contribution in [2.45, 2.75) is 0 Å². The molecule has 0 fully saturated rings. The molecule has 0 saturated heterocycles. The second kappa shape index (κ2) is 6.42. The van der Waals surface area contributed by atoms with Crippen LogP contribution in [0.4, 0.5) is 0 Å². The lowest BCUT2D eigenvalue weighted by Gasteiger charge is -1.99. The van der Waals surface area contributed by atoms with Gasteiger partial charge in [0.15, 0.2) is 5.82 Å². The maximum Gasteiger partial charge on any atom is 0.276 e. The number of benzene rings is 2. The zero-order valence-corrected chi connectivity index (χ0v) is 15.5. The van der Waals surface area contributed by atoms with Crippen LogP contribution in [0.2, 0.25) is 15.1 Å². The van der Waals surface area contributed by atoms with Gasteiger partial charge in [0.25, 0.3) is 5.56 Å². The summed E-state index contributed by atoms with van der Waals surface area (Å²) in [6.45, 7) is 0. The Labute approximate surface area is 160 Å². The summed E-state index contributed by atoms with van der Waals surface area (Å²) in [4.78, 5) is 13.3. The van der Waals surface area contributed by atoms with Gasteiger partial charge in [-0.1, -0.05) is 52.2 Å². The standard InChI is InChI=1S/C17H8Cl3N3OS/c18-10-6-4-9(5-7-10)15-21-22-17-23(15)16(24)14(25-17)8-11-12(19)2-1-3-13(11)20/h1-8H/b14-8-. The Morgan fingerprint density at radius 3 is 2.32 bits per heavy atom. The van der Waals surface area contributed by atoms with Gasteiger partial charge >= 0.3 is 0 Å². The Kier molecular flexibility index (Phi) is 4.25. The minimum Gasteiger partial charge on any atom is -0.267 e. The number of nitrogens with zero attached hydrogens (tertiary/aromatic N) is 3. The van der Waals surface area contributed by atoms with Gasteiger partial charge in [0.1, 0.15) is 0 Å². The molecular weight excluding hydrogens is 401 g/mol. The van der Waals surface area contributed by atoms with E-state index in [9.17, 15) is 4.79 Å². The maximum absolute atomic E-state index is 12.8. The Balaban J connectivity index is 1.94. The molecule has 0 atom stereocenters. The van der Waals surface area contributed by atoms with E-state index in [0.717, 1.165) is 5.56 Å². The number of hydrogen-bond acceptors (Lipinski definition) is 4. The molecular formula is C17H8Cl3N3OS. The summed E-state index contributed by atoms with van der Waals surface area (Å²) in [5.41, 5.74) is 1.15. The fourth-order valence-electron chi connectivity index (χ4n) is 2.43. The minimum absolute atomic E-state index is 0.217. The van der Waals surface area contributed by atoms with Crippen molar-refractivity contribution in [2.24, 2.45) is 0 Å². The van der Waals surface area contributed by atoms with Crippen molar-refractivity contribution in [3.05, 3.63) is 78.0 Å². The van der Waals surface area contributed by atoms with E-state index in [1.165, 1.54) is 15.7 Å². The smallest absolute Gasteiger partial charge is 0.267 e. The largest absolute Gasteiger partial charge is 0.276 e. The summed E-state index contributed by atoms with van der Waals surface area (Å²) in [6.07, 6.45) is 1.68. The summed E-state index contributed by atoms with van der Waals surface area (Å²) in [7, 11) is 0. The van der Waals surface area contributed by atoms with Gasteiger partial charge in [-0.05, 0) is 42.5 Å². The molecule has 2 heterocycles. The molecule has 0 aliphatic carbocycles. The molecule has 2 aromatic heterocycles. The van der Waals surface area contributed by atoms with Crippen molar-refractivity contribution in [1.82, 2.24) is 14.6 Å². The number of halogens is 3. The molecule has 0 radical (unpaired) electrons. The van der Waals surface area contributed by atoms with E-state index in [0.29, 0.717) is 35.9 Å². The Bertz CT molecular complexity index is 1180. The topological polar surface area (TPSA) is 47.3 Å². The molecule has 4 rings (SSSR count). The molecule has 4 nitrogen and oxygen atoms in total. The highest BCUT2D eigenvalue weighted by molar-refractivity contribution is 7.15. The van der Waals surface area contributed by atoms with Gasteiger partial charge in [0.05, 0.1) is 4.53 Å². The third kappa shape index (κ3) is 2.93. The molecule has 0 spiro atoms. The van der Waals surface area contributed by atoms with Gasteiger partial charge < -0.3 is 0 Å². The molecule has 0 N–H and O–H groups in total. The second-order valence-electron chi connectivity index (χ2n) is 5.20.